The molecule has 0 bridgehead atoms. The topological polar surface area (TPSA) is 36.7 Å². The molecular formula is C17H11BrN2. The number of nitriles is 1. The molecule has 0 spiro atoms. The summed E-state index contributed by atoms with van der Waals surface area (Å²) >= 11 is 3.38. The summed E-state index contributed by atoms with van der Waals surface area (Å²) in [5.74, 6) is 0. The summed E-state index contributed by atoms with van der Waals surface area (Å²) < 4.78 is 0.748. The first-order valence-corrected chi connectivity index (χ1v) is 7.08. The predicted molar refractivity (Wildman–Crippen MR) is 83.4 cm³/mol. The van der Waals surface area contributed by atoms with Gasteiger partial charge in [-0.25, -0.2) is 4.98 Å². The van der Waals surface area contributed by atoms with Gasteiger partial charge >= 0.3 is 0 Å². The highest BCUT2D eigenvalue weighted by molar-refractivity contribution is 9.10. The van der Waals surface area contributed by atoms with E-state index in [1.165, 1.54) is 16.3 Å². The van der Waals surface area contributed by atoms with Crippen molar-refractivity contribution in [3.05, 3.63) is 76.0 Å². The minimum absolute atomic E-state index is 0.423. The summed E-state index contributed by atoms with van der Waals surface area (Å²) in [4.78, 5) is 4.15. The molecule has 0 amide bonds. The molecule has 0 aliphatic carbocycles. The number of rotatable bonds is 2. The van der Waals surface area contributed by atoms with E-state index < -0.39 is 0 Å². The zero-order valence-corrected chi connectivity index (χ0v) is 12.3. The number of benzene rings is 2. The Morgan fingerprint density at radius 3 is 2.55 bits per heavy atom. The van der Waals surface area contributed by atoms with Gasteiger partial charge in [-0.15, -0.1) is 0 Å². The van der Waals surface area contributed by atoms with Crippen molar-refractivity contribution in [1.82, 2.24) is 4.98 Å². The van der Waals surface area contributed by atoms with Crippen LogP contribution in [0.25, 0.3) is 10.8 Å². The lowest BCUT2D eigenvalue weighted by molar-refractivity contribution is 1.12. The highest BCUT2D eigenvalue weighted by atomic mass is 79.9. The van der Waals surface area contributed by atoms with Gasteiger partial charge in [0, 0.05) is 6.20 Å². The molecule has 96 valence electrons. The van der Waals surface area contributed by atoms with Crippen LogP contribution in [0.1, 0.15) is 16.8 Å². The van der Waals surface area contributed by atoms with Crippen molar-refractivity contribution in [3.63, 3.8) is 0 Å². The van der Waals surface area contributed by atoms with Gasteiger partial charge in [-0.1, -0.05) is 42.5 Å². The van der Waals surface area contributed by atoms with Crippen molar-refractivity contribution in [2.45, 2.75) is 6.42 Å². The quantitative estimate of drug-likeness (QED) is 0.698. The van der Waals surface area contributed by atoms with E-state index in [9.17, 15) is 0 Å². The zero-order valence-electron chi connectivity index (χ0n) is 10.7. The van der Waals surface area contributed by atoms with Crippen LogP contribution in [0.5, 0.6) is 0 Å². The molecule has 2 aromatic carbocycles. The summed E-state index contributed by atoms with van der Waals surface area (Å²) in [5.41, 5.74) is 2.75. The summed E-state index contributed by atoms with van der Waals surface area (Å²) in [7, 11) is 0. The third-order valence-electron chi connectivity index (χ3n) is 3.23. The van der Waals surface area contributed by atoms with Crippen LogP contribution in [-0.2, 0) is 6.42 Å². The van der Waals surface area contributed by atoms with Gasteiger partial charge in [0.2, 0.25) is 0 Å². The standard InChI is InChI=1S/C17H11BrN2/c18-16-9-13(11-20-17(16)10-19)7-12-5-6-14-3-1-2-4-15(14)8-12/h1-6,8-9,11H,7H2. The Labute approximate surface area is 125 Å². The van der Waals surface area contributed by atoms with Crippen LogP contribution in [0.2, 0.25) is 0 Å². The largest absolute Gasteiger partial charge is 0.244 e. The van der Waals surface area contributed by atoms with Gasteiger partial charge in [-0.05, 0) is 50.3 Å². The number of hydrogen-bond donors (Lipinski definition) is 0. The SMILES string of the molecule is N#Cc1ncc(Cc2ccc3ccccc3c2)cc1Br. The number of fused-ring (bicyclic) bond motifs is 1. The van der Waals surface area contributed by atoms with Crippen molar-refractivity contribution in [2.75, 3.05) is 0 Å². The van der Waals surface area contributed by atoms with Crippen LogP contribution in [0.4, 0.5) is 0 Å². The first kappa shape index (κ1) is 12.8. The molecule has 3 rings (SSSR count). The Morgan fingerprint density at radius 2 is 1.80 bits per heavy atom. The Balaban J connectivity index is 1.93. The molecule has 0 aliphatic rings. The Kier molecular flexibility index (Phi) is 3.49. The Hall–Kier alpha value is -2.18. The van der Waals surface area contributed by atoms with Gasteiger partial charge < -0.3 is 0 Å². The lowest BCUT2D eigenvalue weighted by Gasteiger charge is -2.05. The molecule has 0 unspecified atom stereocenters. The average molecular weight is 323 g/mol. The van der Waals surface area contributed by atoms with Gasteiger partial charge in [0.15, 0.2) is 5.69 Å². The van der Waals surface area contributed by atoms with Crippen LogP contribution in [0.3, 0.4) is 0 Å². The molecule has 0 N–H and O–H groups in total. The molecule has 0 aliphatic heterocycles. The van der Waals surface area contributed by atoms with E-state index in [4.69, 9.17) is 5.26 Å². The van der Waals surface area contributed by atoms with Gasteiger partial charge in [0.05, 0.1) is 4.47 Å². The molecule has 1 aromatic heterocycles. The fourth-order valence-corrected chi connectivity index (χ4v) is 2.73. The van der Waals surface area contributed by atoms with E-state index in [0.29, 0.717) is 5.69 Å². The minimum Gasteiger partial charge on any atom is -0.244 e. The monoisotopic (exact) mass is 322 g/mol. The minimum atomic E-state index is 0.423. The summed E-state index contributed by atoms with van der Waals surface area (Å²) in [5, 5.41) is 11.4. The summed E-state index contributed by atoms with van der Waals surface area (Å²) in [6, 6.07) is 18.8. The van der Waals surface area contributed by atoms with Crippen LogP contribution in [0.15, 0.2) is 59.2 Å². The molecule has 1 heterocycles. The second-order valence-corrected chi connectivity index (χ2v) is 5.50. The normalized spacial score (nSPS) is 10.4. The lowest BCUT2D eigenvalue weighted by atomic mass is 10.0. The second kappa shape index (κ2) is 5.44. The summed E-state index contributed by atoms with van der Waals surface area (Å²) in [6.07, 6.45) is 2.57. The Morgan fingerprint density at radius 1 is 1.00 bits per heavy atom. The van der Waals surface area contributed by atoms with E-state index in [2.05, 4.69) is 57.3 Å². The molecule has 0 radical (unpaired) electrons. The van der Waals surface area contributed by atoms with E-state index in [0.717, 1.165) is 16.5 Å². The lowest BCUT2D eigenvalue weighted by Crippen LogP contribution is -1.92. The van der Waals surface area contributed by atoms with Crippen molar-refractivity contribution >= 4 is 26.7 Å². The second-order valence-electron chi connectivity index (χ2n) is 4.64. The van der Waals surface area contributed by atoms with Gasteiger partial charge in [0.25, 0.3) is 0 Å². The van der Waals surface area contributed by atoms with Gasteiger partial charge in [-0.2, -0.15) is 5.26 Å². The molecule has 0 atom stereocenters. The maximum absolute atomic E-state index is 8.87. The van der Waals surface area contributed by atoms with E-state index in [1.807, 2.05) is 18.2 Å². The Bertz CT molecular complexity index is 819. The molecule has 0 saturated carbocycles. The first-order valence-electron chi connectivity index (χ1n) is 6.28. The number of nitrogens with zero attached hydrogens (tertiary/aromatic N) is 2. The van der Waals surface area contributed by atoms with E-state index >= 15 is 0 Å². The molecule has 3 aromatic rings. The molecular weight excluding hydrogens is 312 g/mol. The number of pyridine rings is 1. The molecule has 20 heavy (non-hydrogen) atoms. The smallest absolute Gasteiger partial charge is 0.154 e. The fraction of sp³-hybridized carbons (Fsp3) is 0.0588. The third-order valence-corrected chi connectivity index (χ3v) is 3.83. The number of halogens is 1. The highest BCUT2D eigenvalue weighted by Gasteiger charge is 2.04. The molecule has 0 fully saturated rings. The number of aromatic nitrogens is 1. The van der Waals surface area contributed by atoms with E-state index in [1.54, 1.807) is 6.20 Å². The number of hydrogen-bond acceptors (Lipinski definition) is 2. The predicted octanol–water partition coefficient (Wildman–Crippen LogP) is 4.46. The van der Waals surface area contributed by atoms with Crippen molar-refractivity contribution in [3.8, 4) is 6.07 Å². The molecule has 3 heteroatoms. The molecule has 2 nitrogen and oxygen atoms in total. The average Bonchev–Trinajstić information content (AvgIpc) is 2.47. The fourth-order valence-electron chi connectivity index (χ4n) is 2.24. The highest BCUT2D eigenvalue weighted by Crippen LogP contribution is 2.20. The van der Waals surface area contributed by atoms with Gasteiger partial charge in [-0.3, -0.25) is 0 Å². The third kappa shape index (κ3) is 2.56. The maximum atomic E-state index is 8.87. The zero-order chi connectivity index (χ0) is 13.9. The maximum Gasteiger partial charge on any atom is 0.154 e. The van der Waals surface area contributed by atoms with E-state index in [-0.39, 0.29) is 0 Å². The van der Waals surface area contributed by atoms with Crippen LogP contribution >= 0.6 is 15.9 Å². The van der Waals surface area contributed by atoms with Crippen molar-refractivity contribution < 1.29 is 0 Å². The summed E-state index contributed by atoms with van der Waals surface area (Å²) in [6.45, 7) is 0. The van der Waals surface area contributed by atoms with Gasteiger partial charge in [0.1, 0.15) is 6.07 Å². The van der Waals surface area contributed by atoms with Crippen molar-refractivity contribution in [1.29, 1.82) is 5.26 Å². The molecule has 0 saturated heterocycles. The van der Waals surface area contributed by atoms with Crippen LogP contribution in [0, 0.1) is 11.3 Å². The first-order chi connectivity index (χ1) is 9.76. The van der Waals surface area contributed by atoms with Crippen LogP contribution < -0.4 is 0 Å². The van der Waals surface area contributed by atoms with Crippen LogP contribution in [-0.4, -0.2) is 4.98 Å². The van der Waals surface area contributed by atoms with Crippen molar-refractivity contribution in [2.24, 2.45) is 0 Å².